The minimum absolute atomic E-state index is 0.212. The van der Waals surface area contributed by atoms with Gasteiger partial charge in [0.25, 0.3) is 0 Å². The molecule has 0 spiro atoms. The van der Waals surface area contributed by atoms with Gasteiger partial charge in [-0.2, -0.15) is 0 Å². The maximum atomic E-state index is 11.7. The van der Waals surface area contributed by atoms with E-state index in [1.807, 2.05) is 0 Å². The van der Waals surface area contributed by atoms with Gasteiger partial charge >= 0.3 is 0 Å². The monoisotopic (exact) mass is 211 g/mol. The van der Waals surface area contributed by atoms with Crippen LogP contribution in [0.5, 0.6) is 0 Å². The van der Waals surface area contributed by atoms with Gasteiger partial charge in [0.1, 0.15) is 0 Å². The van der Waals surface area contributed by atoms with Crippen LogP contribution in [-0.2, 0) is 4.79 Å². The molecule has 4 heteroatoms. The summed E-state index contributed by atoms with van der Waals surface area (Å²) in [6.07, 6.45) is 2.22. The van der Waals surface area contributed by atoms with Crippen molar-refractivity contribution in [1.29, 1.82) is 0 Å². The van der Waals surface area contributed by atoms with Gasteiger partial charge in [0.05, 0.1) is 5.92 Å². The average molecular weight is 211 g/mol. The topological polar surface area (TPSA) is 44.4 Å². The van der Waals surface area contributed by atoms with Crippen molar-refractivity contribution in [2.75, 3.05) is 39.8 Å². The molecule has 0 bridgehead atoms. The number of rotatable bonds is 3. The molecule has 2 unspecified atom stereocenters. The zero-order valence-electron chi connectivity index (χ0n) is 9.46. The molecule has 1 amide bonds. The summed E-state index contributed by atoms with van der Waals surface area (Å²) in [6, 6.07) is 0. The molecule has 2 saturated heterocycles. The van der Waals surface area contributed by atoms with E-state index in [1.54, 1.807) is 0 Å². The van der Waals surface area contributed by atoms with Crippen LogP contribution in [-0.4, -0.2) is 50.6 Å². The van der Waals surface area contributed by atoms with E-state index in [-0.39, 0.29) is 11.8 Å². The van der Waals surface area contributed by atoms with E-state index < -0.39 is 0 Å². The Balaban J connectivity index is 1.66. The molecule has 15 heavy (non-hydrogen) atoms. The lowest BCUT2D eigenvalue weighted by Crippen LogP contribution is -2.35. The molecule has 0 saturated carbocycles. The quantitative estimate of drug-likeness (QED) is 0.671. The largest absolute Gasteiger partial charge is 0.355 e. The molecule has 0 aliphatic carbocycles. The summed E-state index contributed by atoms with van der Waals surface area (Å²) in [5.74, 6) is 1.12. The van der Waals surface area contributed by atoms with Crippen LogP contribution in [0.4, 0.5) is 0 Å². The summed E-state index contributed by atoms with van der Waals surface area (Å²) in [5.41, 5.74) is 0. The normalized spacial score (nSPS) is 32.1. The van der Waals surface area contributed by atoms with Gasteiger partial charge in [-0.05, 0) is 38.9 Å². The van der Waals surface area contributed by atoms with Crippen molar-refractivity contribution < 1.29 is 4.79 Å². The summed E-state index contributed by atoms with van der Waals surface area (Å²) in [7, 11) is 2.14. The van der Waals surface area contributed by atoms with Crippen LogP contribution in [0, 0.1) is 11.8 Å². The minimum atomic E-state index is 0.212. The number of carbonyl (C=O) groups excluding carboxylic acids is 1. The molecule has 2 atom stereocenters. The molecule has 0 aromatic heterocycles. The number of amides is 1. The fourth-order valence-electron chi connectivity index (χ4n) is 2.46. The molecular weight excluding hydrogens is 190 g/mol. The molecule has 86 valence electrons. The molecule has 0 aromatic carbocycles. The molecule has 2 N–H and O–H groups in total. The van der Waals surface area contributed by atoms with Crippen molar-refractivity contribution in [2.24, 2.45) is 11.8 Å². The molecule has 2 rings (SSSR count). The summed E-state index contributed by atoms with van der Waals surface area (Å²) in [4.78, 5) is 14.0. The third kappa shape index (κ3) is 2.92. The standard InChI is InChI=1S/C11H21N3O/c1-14-5-3-9(8-14)6-13-11(15)10-2-4-12-7-10/h9-10,12H,2-8H2,1H3,(H,13,15). The Bertz CT molecular complexity index is 226. The lowest BCUT2D eigenvalue weighted by Gasteiger charge is -2.14. The van der Waals surface area contributed by atoms with Crippen molar-refractivity contribution in [2.45, 2.75) is 12.8 Å². The van der Waals surface area contributed by atoms with E-state index in [0.717, 1.165) is 32.6 Å². The molecule has 2 aliphatic heterocycles. The highest BCUT2D eigenvalue weighted by Crippen LogP contribution is 2.13. The van der Waals surface area contributed by atoms with Crippen molar-refractivity contribution >= 4 is 5.91 Å². The molecule has 2 fully saturated rings. The summed E-state index contributed by atoms with van der Waals surface area (Å²) >= 11 is 0. The second-order valence-corrected chi connectivity index (χ2v) is 4.85. The van der Waals surface area contributed by atoms with E-state index in [9.17, 15) is 4.79 Å². The first kappa shape index (κ1) is 10.9. The van der Waals surface area contributed by atoms with Gasteiger partial charge in [0, 0.05) is 19.6 Å². The third-order valence-corrected chi connectivity index (χ3v) is 3.49. The van der Waals surface area contributed by atoms with E-state index in [4.69, 9.17) is 0 Å². The predicted octanol–water partition coefficient (Wildman–Crippen LogP) is -0.336. The van der Waals surface area contributed by atoms with E-state index in [0.29, 0.717) is 5.92 Å². The highest BCUT2D eigenvalue weighted by atomic mass is 16.1. The Hall–Kier alpha value is -0.610. The van der Waals surface area contributed by atoms with Gasteiger partial charge < -0.3 is 15.5 Å². The maximum Gasteiger partial charge on any atom is 0.224 e. The van der Waals surface area contributed by atoms with Gasteiger partial charge in [-0.25, -0.2) is 0 Å². The van der Waals surface area contributed by atoms with Gasteiger partial charge in [0.2, 0.25) is 5.91 Å². The molecule has 4 nitrogen and oxygen atoms in total. The summed E-state index contributed by atoms with van der Waals surface area (Å²) in [5, 5.41) is 6.30. The third-order valence-electron chi connectivity index (χ3n) is 3.49. The molecular formula is C11H21N3O. The Kier molecular flexibility index (Phi) is 3.59. The van der Waals surface area contributed by atoms with Crippen molar-refractivity contribution in [1.82, 2.24) is 15.5 Å². The van der Waals surface area contributed by atoms with Crippen LogP contribution >= 0.6 is 0 Å². The lowest BCUT2D eigenvalue weighted by atomic mass is 10.1. The van der Waals surface area contributed by atoms with Gasteiger partial charge in [-0.1, -0.05) is 0 Å². The summed E-state index contributed by atoms with van der Waals surface area (Å²) in [6.45, 7) is 5.01. The SMILES string of the molecule is CN1CCC(CNC(=O)C2CCNC2)C1. The zero-order valence-corrected chi connectivity index (χ0v) is 9.46. The summed E-state index contributed by atoms with van der Waals surface area (Å²) < 4.78 is 0. The van der Waals surface area contributed by atoms with Crippen LogP contribution in [0.25, 0.3) is 0 Å². The average Bonchev–Trinajstić information content (AvgIpc) is 2.84. The number of nitrogens with one attached hydrogen (secondary N) is 2. The Labute approximate surface area is 91.4 Å². The van der Waals surface area contributed by atoms with E-state index in [1.165, 1.54) is 13.0 Å². The first-order chi connectivity index (χ1) is 7.25. The first-order valence-corrected chi connectivity index (χ1v) is 5.92. The number of hydrogen-bond acceptors (Lipinski definition) is 3. The zero-order chi connectivity index (χ0) is 10.7. The molecule has 0 aromatic rings. The number of carbonyl (C=O) groups is 1. The van der Waals surface area contributed by atoms with Gasteiger partial charge in [-0.15, -0.1) is 0 Å². The predicted molar refractivity (Wildman–Crippen MR) is 59.6 cm³/mol. The fourth-order valence-corrected chi connectivity index (χ4v) is 2.46. The van der Waals surface area contributed by atoms with E-state index in [2.05, 4.69) is 22.6 Å². The lowest BCUT2D eigenvalue weighted by molar-refractivity contribution is -0.124. The Morgan fingerprint density at radius 2 is 2.40 bits per heavy atom. The highest BCUT2D eigenvalue weighted by molar-refractivity contribution is 5.79. The molecule has 2 heterocycles. The van der Waals surface area contributed by atoms with Crippen LogP contribution in [0.2, 0.25) is 0 Å². The van der Waals surface area contributed by atoms with Crippen LogP contribution < -0.4 is 10.6 Å². The van der Waals surface area contributed by atoms with Crippen LogP contribution in [0.15, 0.2) is 0 Å². The second kappa shape index (κ2) is 4.94. The fraction of sp³-hybridized carbons (Fsp3) is 0.909. The second-order valence-electron chi connectivity index (χ2n) is 4.85. The van der Waals surface area contributed by atoms with Crippen LogP contribution in [0.3, 0.4) is 0 Å². The maximum absolute atomic E-state index is 11.7. The first-order valence-electron chi connectivity index (χ1n) is 5.92. The Morgan fingerprint density at radius 3 is 3.00 bits per heavy atom. The van der Waals surface area contributed by atoms with Crippen LogP contribution in [0.1, 0.15) is 12.8 Å². The number of nitrogens with zero attached hydrogens (tertiary/aromatic N) is 1. The highest BCUT2D eigenvalue weighted by Gasteiger charge is 2.24. The molecule has 2 aliphatic rings. The van der Waals surface area contributed by atoms with Gasteiger partial charge in [0.15, 0.2) is 0 Å². The Morgan fingerprint density at radius 1 is 1.53 bits per heavy atom. The van der Waals surface area contributed by atoms with Crippen molar-refractivity contribution in [3.8, 4) is 0 Å². The number of hydrogen-bond donors (Lipinski definition) is 2. The minimum Gasteiger partial charge on any atom is -0.355 e. The van der Waals surface area contributed by atoms with Gasteiger partial charge in [-0.3, -0.25) is 4.79 Å². The number of likely N-dealkylation sites (tertiary alicyclic amines) is 1. The smallest absolute Gasteiger partial charge is 0.224 e. The van der Waals surface area contributed by atoms with E-state index >= 15 is 0 Å². The van der Waals surface area contributed by atoms with Crippen molar-refractivity contribution in [3.05, 3.63) is 0 Å². The molecule has 0 radical (unpaired) electrons. The van der Waals surface area contributed by atoms with Crippen molar-refractivity contribution in [3.63, 3.8) is 0 Å².